The number of allylic oxidation sites excluding steroid dienone is 6. The second-order valence-electron chi connectivity index (χ2n) is 6.14. The Morgan fingerprint density at radius 2 is 1.52 bits per heavy atom. The molecule has 0 saturated heterocycles. The zero-order chi connectivity index (χ0) is 13.8. The van der Waals surface area contributed by atoms with E-state index in [0.717, 1.165) is 6.42 Å². The Morgan fingerprint density at radius 1 is 0.762 bits per heavy atom. The summed E-state index contributed by atoms with van der Waals surface area (Å²) >= 11 is 0. The quantitative estimate of drug-likeness (QED) is 0.638. The van der Waals surface area contributed by atoms with Crippen molar-refractivity contribution in [1.82, 2.24) is 0 Å². The molecular formula is C21H16. The molecule has 100 valence electrons. The SMILES string of the molecule is C1=CC2=C3Cc4ccccc4C3c3ccccc3C2C=C1. The first-order chi connectivity index (χ1) is 10.4. The normalized spacial score (nSPS) is 24.4. The second-order valence-corrected chi connectivity index (χ2v) is 6.14. The molecule has 0 N–H and O–H groups in total. The zero-order valence-electron chi connectivity index (χ0n) is 11.8. The summed E-state index contributed by atoms with van der Waals surface area (Å²) in [6.07, 6.45) is 10.2. The van der Waals surface area contributed by atoms with Gasteiger partial charge >= 0.3 is 0 Å². The highest BCUT2D eigenvalue weighted by Gasteiger charge is 2.37. The van der Waals surface area contributed by atoms with Crippen LogP contribution in [0.4, 0.5) is 0 Å². The molecule has 3 aliphatic carbocycles. The van der Waals surface area contributed by atoms with E-state index in [1.807, 2.05) is 0 Å². The van der Waals surface area contributed by atoms with Crippen molar-refractivity contribution >= 4 is 0 Å². The van der Waals surface area contributed by atoms with Gasteiger partial charge in [0.05, 0.1) is 0 Å². The highest BCUT2D eigenvalue weighted by Crippen LogP contribution is 2.52. The fourth-order valence-electron chi connectivity index (χ4n) is 4.27. The van der Waals surface area contributed by atoms with Crippen molar-refractivity contribution in [3.8, 4) is 0 Å². The summed E-state index contributed by atoms with van der Waals surface area (Å²) in [6.45, 7) is 0. The number of rotatable bonds is 0. The van der Waals surface area contributed by atoms with Gasteiger partial charge in [-0.05, 0) is 39.8 Å². The number of hydrogen-bond acceptors (Lipinski definition) is 0. The fraction of sp³-hybridized carbons (Fsp3) is 0.143. The monoisotopic (exact) mass is 268 g/mol. The van der Waals surface area contributed by atoms with Gasteiger partial charge in [-0.3, -0.25) is 0 Å². The van der Waals surface area contributed by atoms with Crippen LogP contribution in [0, 0.1) is 0 Å². The minimum Gasteiger partial charge on any atom is -0.0726 e. The van der Waals surface area contributed by atoms with Gasteiger partial charge in [0.25, 0.3) is 0 Å². The van der Waals surface area contributed by atoms with Crippen LogP contribution in [0.1, 0.15) is 34.1 Å². The first-order valence-corrected chi connectivity index (χ1v) is 7.68. The van der Waals surface area contributed by atoms with Gasteiger partial charge in [0.2, 0.25) is 0 Å². The average molecular weight is 268 g/mol. The van der Waals surface area contributed by atoms with Crippen LogP contribution >= 0.6 is 0 Å². The molecule has 0 aliphatic heterocycles. The molecule has 0 bridgehead atoms. The van der Waals surface area contributed by atoms with Crippen LogP contribution in [0.25, 0.3) is 0 Å². The Bertz CT molecular complexity index is 833. The van der Waals surface area contributed by atoms with Crippen LogP contribution in [0.15, 0.2) is 84.0 Å². The lowest BCUT2D eigenvalue weighted by Gasteiger charge is -2.32. The largest absolute Gasteiger partial charge is 0.0726 e. The van der Waals surface area contributed by atoms with Crippen molar-refractivity contribution in [3.05, 3.63) is 106 Å². The predicted molar refractivity (Wildman–Crippen MR) is 86.5 cm³/mol. The average Bonchev–Trinajstić information content (AvgIpc) is 2.95. The summed E-state index contributed by atoms with van der Waals surface area (Å²) in [5.41, 5.74) is 9.14. The Morgan fingerprint density at radius 3 is 2.43 bits per heavy atom. The first kappa shape index (κ1) is 11.3. The van der Waals surface area contributed by atoms with Gasteiger partial charge in [0, 0.05) is 11.8 Å². The molecule has 2 aromatic rings. The van der Waals surface area contributed by atoms with Gasteiger partial charge in [-0.1, -0.05) is 72.8 Å². The number of benzene rings is 2. The molecule has 0 saturated carbocycles. The minimum absolute atomic E-state index is 0.451. The Balaban J connectivity index is 1.85. The molecule has 0 nitrogen and oxygen atoms in total. The third kappa shape index (κ3) is 1.45. The van der Waals surface area contributed by atoms with E-state index in [2.05, 4.69) is 72.8 Å². The minimum atomic E-state index is 0.451. The van der Waals surface area contributed by atoms with Crippen LogP contribution in [0.3, 0.4) is 0 Å². The van der Waals surface area contributed by atoms with E-state index in [1.54, 1.807) is 5.57 Å². The topological polar surface area (TPSA) is 0 Å². The lowest BCUT2D eigenvalue weighted by Crippen LogP contribution is -2.17. The molecule has 0 radical (unpaired) electrons. The highest BCUT2D eigenvalue weighted by atomic mass is 14.4. The highest BCUT2D eigenvalue weighted by molar-refractivity contribution is 5.64. The molecule has 0 fully saturated rings. The van der Waals surface area contributed by atoms with E-state index in [9.17, 15) is 0 Å². The van der Waals surface area contributed by atoms with Gasteiger partial charge < -0.3 is 0 Å². The third-order valence-corrected chi connectivity index (χ3v) is 5.13. The van der Waals surface area contributed by atoms with Crippen LogP contribution in [-0.2, 0) is 6.42 Å². The van der Waals surface area contributed by atoms with Crippen molar-refractivity contribution in [1.29, 1.82) is 0 Å². The van der Waals surface area contributed by atoms with Crippen LogP contribution in [0.2, 0.25) is 0 Å². The molecular weight excluding hydrogens is 252 g/mol. The second kappa shape index (κ2) is 4.08. The molecule has 21 heavy (non-hydrogen) atoms. The van der Waals surface area contributed by atoms with Crippen LogP contribution < -0.4 is 0 Å². The molecule has 0 amide bonds. The number of fused-ring (bicyclic) bond motifs is 7. The van der Waals surface area contributed by atoms with Crippen molar-refractivity contribution < 1.29 is 0 Å². The van der Waals surface area contributed by atoms with E-state index in [-0.39, 0.29) is 0 Å². The molecule has 0 aromatic heterocycles. The lowest BCUT2D eigenvalue weighted by atomic mass is 9.71. The molecule has 0 heterocycles. The molecule has 0 heteroatoms. The van der Waals surface area contributed by atoms with E-state index >= 15 is 0 Å². The molecule has 2 unspecified atom stereocenters. The van der Waals surface area contributed by atoms with Crippen LogP contribution in [-0.4, -0.2) is 0 Å². The van der Waals surface area contributed by atoms with E-state index < -0.39 is 0 Å². The summed E-state index contributed by atoms with van der Waals surface area (Å²) in [5, 5.41) is 0. The van der Waals surface area contributed by atoms with Gasteiger partial charge in [-0.2, -0.15) is 0 Å². The maximum absolute atomic E-state index is 2.35. The first-order valence-electron chi connectivity index (χ1n) is 7.68. The maximum atomic E-state index is 2.35. The van der Waals surface area contributed by atoms with Crippen LogP contribution in [0.5, 0.6) is 0 Å². The summed E-state index contributed by atoms with van der Waals surface area (Å²) in [5.74, 6) is 0.923. The summed E-state index contributed by atoms with van der Waals surface area (Å²) in [4.78, 5) is 0. The lowest BCUT2D eigenvalue weighted by molar-refractivity contribution is 0.832. The number of hydrogen-bond donors (Lipinski definition) is 0. The Hall–Kier alpha value is -2.34. The molecule has 2 aromatic carbocycles. The maximum Gasteiger partial charge on any atom is 0.0314 e. The Labute approximate surface area is 125 Å². The van der Waals surface area contributed by atoms with Crippen molar-refractivity contribution in [2.24, 2.45) is 0 Å². The van der Waals surface area contributed by atoms with E-state index in [0.29, 0.717) is 11.8 Å². The standard InChI is InChI=1S/C21H16/c1-2-8-15-14(7-1)13-20-18-11-4-3-9-16(18)17-10-5-6-12-19(17)21(15)20/h1-12,16,21H,13H2. The third-order valence-electron chi connectivity index (χ3n) is 5.13. The van der Waals surface area contributed by atoms with Crippen molar-refractivity contribution in [2.45, 2.75) is 18.3 Å². The predicted octanol–water partition coefficient (Wildman–Crippen LogP) is 4.89. The summed E-state index contributed by atoms with van der Waals surface area (Å²) in [6, 6.07) is 17.9. The van der Waals surface area contributed by atoms with Gasteiger partial charge in [-0.25, -0.2) is 0 Å². The molecule has 2 atom stereocenters. The van der Waals surface area contributed by atoms with Crippen molar-refractivity contribution in [3.63, 3.8) is 0 Å². The van der Waals surface area contributed by atoms with Crippen molar-refractivity contribution in [2.75, 3.05) is 0 Å². The Kier molecular flexibility index (Phi) is 2.20. The molecule has 0 spiro atoms. The smallest absolute Gasteiger partial charge is 0.0314 e. The van der Waals surface area contributed by atoms with Gasteiger partial charge in [0.15, 0.2) is 0 Å². The molecule has 5 rings (SSSR count). The van der Waals surface area contributed by atoms with Gasteiger partial charge in [-0.15, -0.1) is 0 Å². The van der Waals surface area contributed by atoms with Gasteiger partial charge in [0.1, 0.15) is 0 Å². The fourth-order valence-corrected chi connectivity index (χ4v) is 4.27. The summed E-state index contributed by atoms with van der Waals surface area (Å²) in [7, 11) is 0. The molecule has 3 aliphatic rings. The summed E-state index contributed by atoms with van der Waals surface area (Å²) < 4.78 is 0. The van der Waals surface area contributed by atoms with E-state index in [4.69, 9.17) is 0 Å². The zero-order valence-corrected chi connectivity index (χ0v) is 11.8. The van der Waals surface area contributed by atoms with E-state index in [1.165, 1.54) is 27.8 Å².